The van der Waals surface area contributed by atoms with Crippen LogP contribution in [-0.2, 0) is 6.18 Å². The predicted octanol–water partition coefficient (Wildman–Crippen LogP) is 5.05. The van der Waals surface area contributed by atoms with Crippen molar-refractivity contribution in [1.82, 2.24) is 14.9 Å². The number of nitrogens with one attached hydrogen (secondary N) is 2. The van der Waals surface area contributed by atoms with Crippen molar-refractivity contribution in [1.29, 1.82) is 0 Å². The molecule has 2 aliphatic rings. The Morgan fingerprint density at radius 1 is 1.21 bits per heavy atom. The number of pyridine rings is 1. The van der Waals surface area contributed by atoms with Gasteiger partial charge >= 0.3 is 12.4 Å². The summed E-state index contributed by atoms with van der Waals surface area (Å²) >= 11 is 0. The molecule has 0 spiro atoms. The average Bonchev–Trinajstić information content (AvgIpc) is 3.35. The molecule has 1 aliphatic heterocycles. The summed E-state index contributed by atoms with van der Waals surface area (Å²) in [5.74, 6) is -0.714. The molecule has 0 radical (unpaired) electrons. The number of hydrogen-bond donors (Lipinski definition) is 2. The van der Waals surface area contributed by atoms with Gasteiger partial charge in [-0.1, -0.05) is 6.08 Å². The van der Waals surface area contributed by atoms with Crippen molar-refractivity contribution >= 4 is 22.3 Å². The van der Waals surface area contributed by atoms with E-state index in [0.29, 0.717) is 37.7 Å². The van der Waals surface area contributed by atoms with Gasteiger partial charge in [-0.2, -0.15) is 26.3 Å². The number of likely N-dealkylation sites (N-methyl/N-ethyl adjacent to an activating group) is 1. The van der Waals surface area contributed by atoms with Gasteiger partial charge in [0.1, 0.15) is 11.7 Å². The molecule has 0 saturated heterocycles. The molecular formula is C19H20F6N4. The molecule has 0 unspecified atom stereocenters. The van der Waals surface area contributed by atoms with E-state index in [4.69, 9.17) is 0 Å². The molecular weight excluding hydrogens is 398 g/mol. The second kappa shape index (κ2) is 6.93. The second-order valence-electron chi connectivity index (χ2n) is 7.73. The summed E-state index contributed by atoms with van der Waals surface area (Å²) in [6, 6.07) is -0.549. The molecule has 1 fully saturated rings. The maximum atomic E-state index is 13.6. The second-order valence-corrected chi connectivity index (χ2v) is 7.73. The quantitative estimate of drug-likeness (QED) is 0.683. The topological polar surface area (TPSA) is 44.0 Å². The fraction of sp³-hybridized carbons (Fsp3) is 0.526. The van der Waals surface area contributed by atoms with E-state index < -0.39 is 35.6 Å². The largest absolute Gasteiger partial charge is 0.419 e. The van der Waals surface area contributed by atoms with E-state index in [-0.39, 0.29) is 11.0 Å². The van der Waals surface area contributed by atoms with Crippen LogP contribution in [0.2, 0.25) is 0 Å². The van der Waals surface area contributed by atoms with Crippen LogP contribution in [0.1, 0.15) is 30.5 Å². The molecule has 1 saturated carbocycles. The highest BCUT2D eigenvalue weighted by Crippen LogP contribution is 2.45. The normalized spacial score (nSPS) is 20.0. The van der Waals surface area contributed by atoms with Gasteiger partial charge < -0.3 is 15.2 Å². The lowest BCUT2D eigenvalue weighted by Gasteiger charge is -2.25. The van der Waals surface area contributed by atoms with Gasteiger partial charge in [0.15, 0.2) is 0 Å². The number of alkyl halides is 6. The van der Waals surface area contributed by atoms with Crippen LogP contribution in [0, 0.1) is 5.92 Å². The number of anilines is 1. The first-order valence-electron chi connectivity index (χ1n) is 9.34. The van der Waals surface area contributed by atoms with E-state index in [2.05, 4.69) is 20.2 Å². The molecule has 1 atom stereocenters. The minimum Gasteiger partial charge on any atom is -0.373 e. The Kier molecular flexibility index (Phi) is 4.79. The SMILES string of the molecule is CN1CC=C(c2cc3c(N[C@@H](C4CC4)C(F)(F)F)c(C(F)(F)F)cnc3[nH]2)CC1. The molecule has 3 heterocycles. The van der Waals surface area contributed by atoms with Crippen LogP contribution >= 0.6 is 0 Å². The van der Waals surface area contributed by atoms with Crippen molar-refractivity contribution in [3.63, 3.8) is 0 Å². The summed E-state index contributed by atoms with van der Waals surface area (Å²) in [5.41, 5.74) is -0.129. The van der Waals surface area contributed by atoms with Gasteiger partial charge in [0.05, 0.1) is 11.3 Å². The molecule has 2 aromatic heterocycles. The Labute approximate surface area is 163 Å². The van der Waals surface area contributed by atoms with Crippen LogP contribution in [0.25, 0.3) is 16.6 Å². The number of fused-ring (bicyclic) bond motifs is 1. The Morgan fingerprint density at radius 3 is 2.48 bits per heavy atom. The monoisotopic (exact) mass is 418 g/mol. The van der Waals surface area contributed by atoms with E-state index in [1.54, 1.807) is 0 Å². The predicted molar refractivity (Wildman–Crippen MR) is 97.4 cm³/mol. The maximum absolute atomic E-state index is 13.6. The molecule has 4 nitrogen and oxygen atoms in total. The Balaban J connectivity index is 1.81. The van der Waals surface area contributed by atoms with Gasteiger partial charge in [-0.15, -0.1) is 0 Å². The summed E-state index contributed by atoms with van der Waals surface area (Å²) in [6.07, 6.45) is -5.56. The van der Waals surface area contributed by atoms with Crippen molar-refractivity contribution in [3.05, 3.63) is 29.6 Å². The lowest BCUT2D eigenvalue weighted by atomic mass is 10.0. The van der Waals surface area contributed by atoms with E-state index in [0.717, 1.165) is 12.1 Å². The number of nitrogens with zero attached hydrogens (tertiary/aromatic N) is 2. The molecule has 29 heavy (non-hydrogen) atoms. The van der Waals surface area contributed by atoms with Crippen LogP contribution in [0.4, 0.5) is 32.0 Å². The molecule has 0 bridgehead atoms. The van der Waals surface area contributed by atoms with E-state index in [1.807, 2.05) is 13.1 Å². The van der Waals surface area contributed by atoms with E-state index >= 15 is 0 Å². The Morgan fingerprint density at radius 2 is 1.93 bits per heavy atom. The number of hydrogen-bond acceptors (Lipinski definition) is 3. The minimum absolute atomic E-state index is 0.0181. The fourth-order valence-corrected chi connectivity index (χ4v) is 3.69. The van der Waals surface area contributed by atoms with Crippen molar-refractivity contribution in [3.8, 4) is 0 Å². The number of aromatic nitrogens is 2. The first kappa shape index (κ1) is 20.1. The first-order valence-corrected chi connectivity index (χ1v) is 9.34. The zero-order valence-electron chi connectivity index (χ0n) is 15.6. The molecule has 1 aliphatic carbocycles. The Hall–Kier alpha value is -2.23. The first-order chi connectivity index (χ1) is 13.5. The number of rotatable bonds is 4. The van der Waals surface area contributed by atoms with E-state index in [9.17, 15) is 26.3 Å². The van der Waals surface area contributed by atoms with Crippen molar-refractivity contribution in [2.45, 2.75) is 37.7 Å². The highest BCUT2D eigenvalue weighted by molar-refractivity contribution is 5.94. The summed E-state index contributed by atoms with van der Waals surface area (Å²) in [6.45, 7) is 1.47. The van der Waals surface area contributed by atoms with Gasteiger partial charge in [0.25, 0.3) is 0 Å². The van der Waals surface area contributed by atoms with Crippen LogP contribution in [0.5, 0.6) is 0 Å². The lowest BCUT2D eigenvalue weighted by molar-refractivity contribution is -0.148. The molecule has 4 rings (SSSR count). The van der Waals surface area contributed by atoms with Crippen LogP contribution in [0.3, 0.4) is 0 Å². The average molecular weight is 418 g/mol. The highest BCUT2D eigenvalue weighted by atomic mass is 19.4. The van der Waals surface area contributed by atoms with Crippen LogP contribution in [-0.4, -0.2) is 47.2 Å². The molecule has 10 heteroatoms. The van der Waals surface area contributed by atoms with Crippen LogP contribution < -0.4 is 5.32 Å². The van der Waals surface area contributed by atoms with Crippen molar-refractivity contribution < 1.29 is 26.3 Å². The third-order valence-electron chi connectivity index (χ3n) is 5.47. The number of aromatic amines is 1. The van der Waals surface area contributed by atoms with Gasteiger partial charge in [0.2, 0.25) is 0 Å². The zero-order chi connectivity index (χ0) is 21.0. The van der Waals surface area contributed by atoms with Crippen molar-refractivity contribution in [2.24, 2.45) is 5.92 Å². The summed E-state index contributed by atoms with van der Waals surface area (Å²) < 4.78 is 81.1. The smallest absolute Gasteiger partial charge is 0.373 e. The van der Waals surface area contributed by atoms with Crippen molar-refractivity contribution in [2.75, 3.05) is 25.5 Å². The molecule has 0 amide bonds. The third kappa shape index (κ3) is 4.08. The van der Waals surface area contributed by atoms with Crippen LogP contribution in [0.15, 0.2) is 18.3 Å². The minimum atomic E-state index is -4.83. The van der Waals surface area contributed by atoms with E-state index in [1.165, 1.54) is 6.07 Å². The summed E-state index contributed by atoms with van der Waals surface area (Å²) in [4.78, 5) is 8.89. The highest BCUT2D eigenvalue weighted by Gasteiger charge is 2.50. The standard InChI is InChI=1S/C19H20F6N4/c1-29-6-4-10(5-7-29)14-8-12-15(28-16(11-2-3-11)19(23,24)25)13(18(20,21)22)9-26-17(12)27-14/h4,8-9,11,16H,2-3,5-7H2,1H3,(H2,26,27,28)/t16-/m0/s1. The summed E-state index contributed by atoms with van der Waals surface area (Å²) in [7, 11) is 1.95. The Bertz CT molecular complexity index is 939. The zero-order valence-corrected chi connectivity index (χ0v) is 15.6. The molecule has 2 N–H and O–H groups in total. The third-order valence-corrected chi connectivity index (χ3v) is 5.47. The number of H-pyrrole nitrogens is 1. The summed E-state index contributed by atoms with van der Waals surface area (Å²) in [5, 5.41) is 2.21. The molecule has 158 valence electrons. The molecule has 2 aromatic rings. The maximum Gasteiger partial charge on any atom is 0.419 e. The van der Waals surface area contributed by atoms with Gasteiger partial charge in [0, 0.05) is 30.4 Å². The van der Waals surface area contributed by atoms with Gasteiger partial charge in [-0.25, -0.2) is 4.98 Å². The molecule has 0 aromatic carbocycles. The lowest BCUT2D eigenvalue weighted by Crippen LogP contribution is -2.38. The van der Waals surface area contributed by atoms with Gasteiger partial charge in [-0.05, 0) is 43.9 Å². The van der Waals surface area contributed by atoms with Gasteiger partial charge in [-0.3, -0.25) is 0 Å². The fourth-order valence-electron chi connectivity index (χ4n) is 3.69. The number of halogens is 6.